The third kappa shape index (κ3) is 5.37. The van der Waals surface area contributed by atoms with E-state index in [1.54, 1.807) is 0 Å². The second-order valence-electron chi connectivity index (χ2n) is 6.08. The van der Waals surface area contributed by atoms with E-state index in [1.807, 2.05) is 0 Å². The summed E-state index contributed by atoms with van der Waals surface area (Å²) in [7, 11) is 0.195. The molecule has 0 aliphatic heterocycles. The lowest BCUT2D eigenvalue weighted by Crippen LogP contribution is -2.17. The Morgan fingerprint density at radius 2 is 1.75 bits per heavy atom. The maximum atomic E-state index is 10.9. The first-order chi connectivity index (χ1) is 9.20. The third-order valence-electron chi connectivity index (χ3n) is 2.79. The van der Waals surface area contributed by atoms with Crippen LogP contribution in [0.25, 0.3) is 0 Å². The number of hydrogen-bond donors (Lipinski definition) is 0. The maximum absolute atomic E-state index is 10.9. The summed E-state index contributed by atoms with van der Waals surface area (Å²) in [5.74, 6) is 0.420. The molecule has 0 spiro atoms. The molecule has 0 aromatic heterocycles. The molecule has 0 amide bonds. The van der Waals surface area contributed by atoms with Crippen LogP contribution in [0, 0.1) is 0 Å². The standard InChI is InChI=1S/C16H24NO2S/c1-12(18)19-17-15(11-20(5)6)13-7-9-14(10-8-13)16(2,3)4/h7-10H,11H2,1-6H3/q+1. The first kappa shape index (κ1) is 16.8. The predicted molar refractivity (Wildman–Crippen MR) is 87.5 cm³/mol. The minimum atomic E-state index is -0.388. The molecule has 1 aromatic rings. The van der Waals surface area contributed by atoms with E-state index in [0.29, 0.717) is 0 Å². The van der Waals surface area contributed by atoms with Gasteiger partial charge in [-0.05, 0) is 21.9 Å². The van der Waals surface area contributed by atoms with Crippen LogP contribution in [0.15, 0.2) is 29.4 Å². The van der Waals surface area contributed by atoms with Crippen molar-refractivity contribution < 1.29 is 9.63 Å². The average Bonchev–Trinajstić information content (AvgIpc) is 2.33. The van der Waals surface area contributed by atoms with Gasteiger partial charge in [-0.25, -0.2) is 4.79 Å². The van der Waals surface area contributed by atoms with Crippen molar-refractivity contribution in [2.75, 3.05) is 18.3 Å². The molecule has 0 saturated carbocycles. The molecular weight excluding hydrogens is 270 g/mol. The largest absolute Gasteiger partial charge is 0.331 e. The molecule has 110 valence electrons. The summed E-state index contributed by atoms with van der Waals surface area (Å²) in [6, 6.07) is 8.33. The van der Waals surface area contributed by atoms with Crippen molar-refractivity contribution in [1.29, 1.82) is 0 Å². The van der Waals surface area contributed by atoms with Crippen LogP contribution in [0.3, 0.4) is 0 Å². The normalized spacial score (nSPS) is 12.7. The van der Waals surface area contributed by atoms with Gasteiger partial charge >= 0.3 is 5.97 Å². The van der Waals surface area contributed by atoms with Crippen molar-refractivity contribution in [2.45, 2.75) is 33.1 Å². The van der Waals surface area contributed by atoms with Crippen molar-refractivity contribution in [3.63, 3.8) is 0 Å². The van der Waals surface area contributed by atoms with E-state index in [0.717, 1.165) is 17.0 Å². The first-order valence-corrected chi connectivity index (χ1v) is 8.80. The molecule has 0 aliphatic carbocycles. The van der Waals surface area contributed by atoms with E-state index in [2.05, 4.69) is 62.7 Å². The Bertz CT molecular complexity index is 484. The number of oxime groups is 1. The molecule has 20 heavy (non-hydrogen) atoms. The van der Waals surface area contributed by atoms with Crippen LogP contribution in [-0.4, -0.2) is 29.9 Å². The summed E-state index contributed by atoms with van der Waals surface area (Å²) in [6.45, 7) is 7.92. The van der Waals surface area contributed by atoms with Gasteiger partial charge in [0.25, 0.3) is 0 Å². The quantitative estimate of drug-likeness (QED) is 0.370. The summed E-state index contributed by atoms with van der Waals surface area (Å²) >= 11 is 0. The van der Waals surface area contributed by atoms with E-state index in [9.17, 15) is 4.79 Å². The van der Waals surface area contributed by atoms with Crippen LogP contribution in [0.5, 0.6) is 0 Å². The Hall–Kier alpha value is -1.29. The Morgan fingerprint density at radius 1 is 1.20 bits per heavy atom. The van der Waals surface area contributed by atoms with Crippen molar-refractivity contribution in [2.24, 2.45) is 5.16 Å². The number of hydrogen-bond acceptors (Lipinski definition) is 3. The number of rotatable bonds is 4. The van der Waals surface area contributed by atoms with Crippen molar-refractivity contribution >= 4 is 22.6 Å². The van der Waals surface area contributed by atoms with Gasteiger partial charge in [0.2, 0.25) is 0 Å². The highest BCUT2D eigenvalue weighted by Crippen LogP contribution is 2.22. The Kier molecular flexibility index (Phi) is 5.81. The fraction of sp³-hybridized carbons (Fsp3) is 0.500. The molecule has 0 radical (unpaired) electrons. The molecule has 0 saturated heterocycles. The fourth-order valence-corrected chi connectivity index (χ4v) is 2.48. The second-order valence-corrected chi connectivity index (χ2v) is 8.34. The zero-order valence-corrected chi connectivity index (χ0v) is 14.0. The van der Waals surface area contributed by atoms with Gasteiger partial charge in [-0.15, -0.1) is 0 Å². The molecule has 0 heterocycles. The lowest BCUT2D eigenvalue weighted by atomic mass is 9.86. The van der Waals surface area contributed by atoms with Gasteiger partial charge in [-0.2, -0.15) is 0 Å². The van der Waals surface area contributed by atoms with Gasteiger partial charge < -0.3 is 4.84 Å². The third-order valence-corrected chi connectivity index (χ3v) is 3.64. The smallest absolute Gasteiger partial charge is 0.318 e. The Morgan fingerprint density at radius 3 is 2.15 bits per heavy atom. The van der Waals surface area contributed by atoms with Crippen LogP contribution in [0.4, 0.5) is 0 Å². The molecule has 3 nitrogen and oxygen atoms in total. The topological polar surface area (TPSA) is 38.7 Å². The van der Waals surface area contributed by atoms with Crippen LogP contribution in [0.1, 0.15) is 38.8 Å². The van der Waals surface area contributed by atoms with Crippen LogP contribution in [0.2, 0.25) is 0 Å². The SMILES string of the molecule is CC(=O)ON=C(C[S+](C)C)c1ccc(C(C)(C)C)cc1. The van der Waals surface area contributed by atoms with Crippen LogP contribution >= 0.6 is 0 Å². The molecule has 0 unspecified atom stereocenters. The molecule has 0 fully saturated rings. The van der Waals surface area contributed by atoms with E-state index in [1.165, 1.54) is 12.5 Å². The van der Waals surface area contributed by atoms with Crippen molar-refractivity contribution in [3.8, 4) is 0 Å². The predicted octanol–water partition coefficient (Wildman–Crippen LogP) is 3.13. The van der Waals surface area contributed by atoms with E-state index < -0.39 is 0 Å². The van der Waals surface area contributed by atoms with E-state index >= 15 is 0 Å². The van der Waals surface area contributed by atoms with Crippen molar-refractivity contribution in [3.05, 3.63) is 35.4 Å². The molecular formula is C16H24NO2S+. The van der Waals surface area contributed by atoms with Crippen molar-refractivity contribution in [1.82, 2.24) is 0 Å². The monoisotopic (exact) mass is 294 g/mol. The lowest BCUT2D eigenvalue weighted by molar-refractivity contribution is -0.140. The highest BCUT2D eigenvalue weighted by Gasteiger charge is 2.17. The summed E-state index contributed by atoms with van der Waals surface area (Å²) in [5, 5.41) is 4.00. The average molecular weight is 294 g/mol. The molecule has 0 aliphatic rings. The van der Waals surface area contributed by atoms with Gasteiger partial charge in [0.05, 0.1) is 12.5 Å². The molecule has 1 aromatic carbocycles. The molecule has 0 atom stereocenters. The highest BCUT2D eigenvalue weighted by atomic mass is 32.2. The molecule has 4 heteroatoms. The minimum absolute atomic E-state index is 0.130. The summed E-state index contributed by atoms with van der Waals surface area (Å²) in [5.41, 5.74) is 3.25. The molecule has 1 rings (SSSR count). The van der Waals surface area contributed by atoms with Gasteiger partial charge in [-0.1, -0.05) is 50.2 Å². The number of carbonyl (C=O) groups is 1. The van der Waals surface area contributed by atoms with Gasteiger partial charge in [-0.3, -0.25) is 0 Å². The minimum Gasteiger partial charge on any atom is -0.318 e. The Balaban J connectivity index is 3.02. The highest BCUT2D eigenvalue weighted by molar-refractivity contribution is 7.96. The Labute approximate surface area is 124 Å². The fourth-order valence-electron chi connectivity index (χ4n) is 1.72. The maximum Gasteiger partial charge on any atom is 0.331 e. The van der Waals surface area contributed by atoms with Gasteiger partial charge in [0.1, 0.15) is 5.71 Å². The van der Waals surface area contributed by atoms with Gasteiger partial charge in [0.15, 0.2) is 5.75 Å². The molecule has 0 N–H and O–H groups in total. The van der Waals surface area contributed by atoms with E-state index in [4.69, 9.17) is 4.84 Å². The van der Waals surface area contributed by atoms with Crippen LogP contribution in [-0.2, 0) is 25.9 Å². The molecule has 0 bridgehead atoms. The zero-order valence-electron chi connectivity index (χ0n) is 13.2. The number of carbonyl (C=O) groups excluding carboxylic acids is 1. The summed E-state index contributed by atoms with van der Waals surface area (Å²) in [6.07, 6.45) is 4.29. The second kappa shape index (κ2) is 6.93. The summed E-state index contributed by atoms with van der Waals surface area (Å²) < 4.78 is 0. The van der Waals surface area contributed by atoms with Gasteiger partial charge in [0, 0.05) is 12.5 Å². The lowest BCUT2D eigenvalue weighted by Gasteiger charge is -2.19. The van der Waals surface area contributed by atoms with E-state index in [-0.39, 0.29) is 22.3 Å². The number of nitrogens with zero attached hydrogens (tertiary/aromatic N) is 1. The first-order valence-electron chi connectivity index (χ1n) is 6.59. The zero-order chi connectivity index (χ0) is 15.3. The van der Waals surface area contributed by atoms with Crippen LogP contribution < -0.4 is 0 Å². The summed E-state index contributed by atoms with van der Waals surface area (Å²) in [4.78, 5) is 15.7. The number of benzene rings is 1.